The highest BCUT2D eigenvalue weighted by Gasteiger charge is 2.06. The Balaban J connectivity index is 1.65. The Kier molecular flexibility index (Phi) is 3.83. The Morgan fingerprint density at radius 3 is 2.57 bits per heavy atom. The van der Waals surface area contributed by atoms with Gasteiger partial charge in [-0.1, -0.05) is 0 Å². The maximum absolute atomic E-state index is 12.1. The Labute approximate surface area is 127 Å². The fraction of sp³-hybridized carbons (Fsp3) is 0.125. The first-order chi connectivity index (χ1) is 10.2. The molecule has 0 aliphatic rings. The molecule has 106 valence electrons. The summed E-state index contributed by atoms with van der Waals surface area (Å²) in [7, 11) is 0. The second-order valence-electron chi connectivity index (χ2n) is 4.67. The molecule has 1 N–H and O–H groups in total. The molecule has 0 radical (unpaired) electrons. The number of hydrogen-bond donors (Lipinski definition) is 1. The Morgan fingerprint density at radius 1 is 1.24 bits per heavy atom. The van der Waals surface area contributed by atoms with Crippen molar-refractivity contribution in [3.63, 3.8) is 0 Å². The molecule has 0 unspecified atom stereocenters. The van der Waals surface area contributed by atoms with Gasteiger partial charge >= 0.3 is 0 Å². The van der Waals surface area contributed by atoms with E-state index in [9.17, 15) is 4.79 Å². The minimum Gasteiger partial charge on any atom is -0.347 e. The average Bonchev–Trinajstić information content (AvgIpc) is 3.16. The summed E-state index contributed by atoms with van der Waals surface area (Å²) in [4.78, 5) is 17.3. The molecule has 3 aromatic rings. The van der Waals surface area contributed by atoms with Crippen molar-refractivity contribution in [2.75, 3.05) is 0 Å². The maximum Gasteiger partial charge on any atom is 0.251 e. The number of aryl methyl sites for hydroxylation is 1. The van der Waals surface area contributed by atoms with Crippen LogP contribution in [0.3, 0.4) is 0 Å². The minimum absolute atomic E-state index is 0.0693. The van der Waals surface area contributed by atoms with E-state index in [4.69, 9.17) is 0 Å². The van der Waals surface area contributed by atoms with E-state index in [0.717, 1.165) is 15.6 Å². The number of amides is 1. The van der Waals surface area contributed by atoms with E-state index in [-0.39, 0.29) is 5.91 Å². The zero-order valence-electron chi connectivity index (χ0n) is 11.6. The van der Waals surface area contributed by atoms with E-state index >= 15 is 0 Å². The quantitative estimate of drug-likeness (QED) is 0.804. The standard InChI is InChI=1S/C16H15N3OS/c1-12-17-10-15(21-12)11-18-16(20)13-4-6-14(7-5-13)19-8-2-3-9-19/h2-10H,11H2,1H3,(H,18,20). The zero-order valence-corrected chi connectivity index (χ0v) is 12.4. The van der Waals surface area contributed by atoms with Crippen molar-refractivity contribution in [3.05, 3.63) is 70.4 Å². The second-order valence-corrected chi connectivity index (χ2v) is 5.98. The van der Waals surface area contributed by atoms with E-state index in [0.29, 0.717) is 12.1 Å². The van der Waals surface area contributed by atoms with Crippen LogP contribution in [0.15, 0.2) is 55.0 Å². The van der Waals surface area contributed by atoms with Crippen molar-refractivity contribution >= 4 is 17.2 Å². The first-order valence-electron chi connectivity index (χ1n) is 6.65. The van der Waals surface area contributed by atoms with Gasteiger partial charge in [-0.2, -0.15) is 0 Å². The molecule has 1 amide bonds. The highest BCUT2D eigenvalue weighted by Crippen LogP contribution is 2.12. The number of thiazole rings is 1. The summed E-state index contributed by atoms with van der Waals surface area (Å²) < 4.78 is 2.00. The molecule has 0 aliphatic heterocycles. The number of nitrogens with zero attached hydrogens (tertiary/aromatic N) is 2. The number of hydrogen-bond acceptors (Lipinski definition) is 3. The van der Waals surface area contributed by atoms with Crippen molar-refractivity contribution in [1.29, 1.82) is 0 Å². The lowest BCUT2D eigenvalue weighted by Gasteiger charge is -2.06. The van der Waals surface area contributed by atoms with Crippen LogP contribution in [0.2, 0.25) is 0 Å². The Morgan fingerprint density at radius 2 is 1.95 bits per heavy atom. The summed E-state index contributed by atoms with van der Waals surface area (Å²) in [5.41, 5.74) is 1.70. The van der Waals surface area contributed by atoms with Gasteiger partial charge in [-0.05, 0) is 43.3 Å². The first-order valence-corrected chi connectivity index (χ1v) is 7.47. The molecule has 21 heavy (non-hydrogen) atoms. The van der Waals surface area contributed by atoms with Crippen molar-refractivity contribution in [2.45, 2.75) is 13.5 Å². The van der Waals surface area contributed by atoms with E-state index in [1.54, 1.807) is 17.5 Å². The largest absolute Gasteiger partial charge is 0.347 e. The van der Waals surface area contributed by atoms with Crippen molar-refractivity contribution < 1.29 is 4.79 Å². The van der Waals surface area contributed by atoms with Gasteiger partial charge in [0.05, 0.1) is 11.6 Å². The molecule has 0 bridgehead atoms. The summed E-state index contributed by atoms with van der Waals surface area (Å²) in [6.07, 6.45) is 5.75. The molecule has 5 heteroatoms. The van der Waals surface area contributed by atoms with Gasteiger partial charge in [-0.25, -0.2) is 4.98 Å². The van der Waals surface area contributed by atoms with E-state index in [1.807, 2.05) is 60.3 Å². The molecule has 0 saturated carbocycles. The second kappa shape index (κ2) is 5.93. The van der Waals surface area contributed by atoms with Gasteiger partial charge in [-0.3, -0.25) is 4.79 Å². The smallest absolute Gasteiger partial charge is 0.251 e. The van der Waals surface area contributed by atoms with Gasteiger partial charge in [0.15, 0.2) is 0 Å². The van der Waals surface area contributed by atoms with Crippen LogP contribution in [-0.4, -0.2) is 15.5 Å². The lowest BCUT2D eigenvalue weighted by Crippen LogP contribution is -2.22. The number of carbonyl (C=O) groups is 1. The lowest BCUT2D eigenvalue weighted by atomic mass is 10.2. The molecule has 0 fully saturated rings. The van der Waals surface area contributed by atoms with Crippen LogP contribution in [0.4, 0.5) is 0 Å². The van der Waals surface area contributed by atoms with Crippen LogP contribution in [0.1, 0.15) is 20.2 Å². The first kappa shape index (κ1) is 13.6. The highest BCUT2D eigenvalue weighted by atomic mass is 32.1. The zero-order chi connectivity index (χ0) is 14.7. The monoisotopic (exact) mass is 297 g/mol. The highest BCUT2D eigenvalue weighted by molar-refractivity contribution is 7.11. The summed E-state index contributed by atoms with van der Waals surface area (Å²) in [6.45, 7) is 2.47. The third kappa shape index (κ3) is 3.20. The van der Waals surface area contributed by atoms with E-state index < -0.39 is 0 Å². The lowest BCUT2D eigenvalue weighted by molar-refractivity contribution is 0.0951. The van der Waals surface area contributed by atoms with Crippen LogP contribution < -0.4 is 5.32 Å². The fourth-order valence-electron chi connectivity index (χ4n) is 2.05. The molecule has 2 aromatic heterocycles. The molecule has 4 nitrogen and oxygen atoms in total. The molecule has 2 heterocycles. The SMILES string of the molecule is Cc1ncc(CNC(=O)c2ccc(-n3cccc3)cc2)s1. The predicted octanol–water partition coefficient (Wildman–Crippen LogP) is 3.17. The van der Waals surface area contributed by atoms with Crippen LogP contribution >= 0.6 is 11.3 Å². The minimum atomic E-state index is -0.0693. The Hall–Kier alpha value is -2.40. The third-order valence-electron chi connectivity index (χ3n) is 3.12. The number of rotatable bonds is 4. The van der Waals surface area contributed by atoms with Gasteiger partial charge in [0, 0.05) is 34.7 Å². The van der Waals surface area contributed by atoms with Gasteiger partial charge < -0.3 is 9.88 Å². The summed E-state index contributed by atoms with van der Waals surface area (Å²) >= 11 is 1.60. The molecule has 3 rings (SSSR count). The van der Waals surface area contributed by atoms with Crippen LogP contribution in [0.5, 0.6) is 0 Å². The number of nitrogens with one attached hydrogen (secondary N) is 1. The van der Waals surface area contributed by atoms with Crippen LogP contribution in [0, 0.1) is 6.92 Å². The predicted molar refractivity (Wildman–Crippen MR) is 83.8 cm³/mol. The summed E-state index contributed by atoms with van der Waals surface area (Å²) in [5.74, 6) is -0.0693. The molecule has 0 aliphatic carbocycles. The Bertz CT molecular complexity index is 729. The molecule has 1 aromatic carbocycles. The van der Waals surface area contributed by atoms with Crippen LogP contribution in [0.25, 0.3) is 5.69 Å². The van der Waals surface area contributed by atoms with Crippen molar-refractivity contribution in [2.24, 2.45) is 0 Å². The fourth-order valence-corrected chi connectivity index (χ4v) is 2.78. The number of benzene rings is 1. The van der Waals surface area contributed by atoms with Gasteiger partial charge in [0.1, 0.15) is 0 Å². The third-order valence-corrected chi connectivity index (χ3v) is 4.04. The number of carbonyl (C=O) groups excluding carboxylic acids is 1. The van der Waals surface area contributed by atoms with Gasteiger partial charge in [-0.15, -0.1) is 11.3 Å². The number of aromatic nitrogens is 2. The molecular formula is C16H15N3OS. The average molecular weight is 297 g/mol. The van der Waals surface area contributed by atoms with E-state index in [2.05, 4.69) is 10.3 Å². The van der Waals surface area contributed by atoms with Crippen LogP contribution in [-0.2, 0) is 6.54 Å². The van der Waals surface area contributed by atoms with Gasteiger partial charge in [0.2, 0.25) is 0 Å². The summed E-state index contributed by atoms with van der Waals surface area (Å²) in [5, 5.41) is 3.92. The van der Waals surface area contributed by atoms with Crippen molar-refractivity contribution in [1.82, 2.24) is 14.9 Å². The normalized spacial score (nSPS) is 10.5. The van der Waals surface area contributed by atoms with Gasteiger partial charge in [0.25, 0.3) is 5.91 Å². The molecule has 0 saturated heterocycles. The topological polar surface area (TPSA) is 46.9 Å². The molecule has 0 atom stereocenters. The molecule has 0 spiro atoms. The van der Waals surface area contributed by atoms with E-state index in [1.165, 1.54) is 0 Å². The summed E-state index contributed by atoms with van der Waals surface area (Å²) in [6, 6.07) is 11.5. The molecular weight excluding hydrogens is 282 g/mol. The maximum atomic E-state index is 12.1. The van der Waals surface area contributed by atoms with Crippen molar-refractivity contribution in [3.8, 4) is 5.69 Å².